The number of hydrogen-bond donors (Lipinski definition) is 0. The van der Waals surface area contributed by atoms with Crippen LogP contribution in [-0.2, 0) is 0 Å². The number of rotatable bonds is 7. The molecule has 0 atom stereocenters. The Morgan fingerprint density at radius 1 is 0.769 bits per heavy atom. The molecule has 6 rings (SSSR count). The van der Waals surface area contributed by atoms with Crippen molar-refractivity contribution in [1.29, 1.82) is 0 Å². The van der Waals surface area contributed by atoms with Crippen molar-refractivity contribution in [1.82, 2.24) is 0 Å². The summed E-state index contributed by atoms with van der Waals surface area (Å²) >= 11 is -4.46. The average molecular weight is 584 g/mol. The molecule has 0 radical (unpaired) electrons. The van der Waals surface area contributed by atoms with Gasteiger partial charge < -0.3 is 0 Å². The van der Waals surface area contributed by atoms with E-state index in [2.05, 4.69) is 0 Å². The molecule has 0 aromatic carbocycles. The fraction of sp³-hybridized carbons (Fsp3) is 1.00. The Hall–Kier alpha value is -1.19. The summed E-state index contributed by atoms with van der Waals surface area (Å²) in [5.74, 6) is -4.14. The topological polar surface area (TPSA) is 173 Å². The van der Waals surface area contributed by atoms with Crippen LogP contribution in [0.4, 0.5) is 0 Å². The molecule has 6 saturated carbocycles. The maximum absolute atomic E-state index is 12.1. The molecule has 6 aliphatic carbocycles. The van der Waals surface area contributed by atoms with Crippen molar-refractivity contribution in [2.24, 2.45) is 17.8 Å². The van der Waals surface area contributed by atoms with Crippen LogP contribution in [-0.4, -0.2) is 61.8 Å². The predicted molar refractivity (Wildman–Crippen MR) is 84.6 cm³/mol. The third kappa shape index (κ3) is 0.769. The van der Waals surface area contributed by atoms with Crippen LogP contribution >= 0.6 is 8.32 Å². The molecule has 6 fully saturated rings. The molecule has 140 valence electrons. The fourth-order valence-electron chi connectivity index (χ4n) is 9.08. The van der Waals surface area contributed by atoms with E-state index in [0.717, 1.165) is 0 Å². The molecule has 0 amide bonds. The number of nitrogens with zero attached hydrogens (tertiary/aromatic N) is 4. The molecule has 6 aliphatic rings. The van der Waals surface area contributed by atoms with Crippen molar-refractivity contribution in [2.75, 3.05) is 0 Å². The third-order valence-electron chi connectivity index (χ3n) is 8.85. The Morgan fingerprint density at radius 3 is 1.27 bits per heavy atom. The first kappa shape index (κ1) is 16.9. The summed E-state index contributed by atoms with van der Waals surface area (Å²) < 4.78 is -1.22. The van der Waals surface area contributed by atoms with Crippen LogP contribution in [0, 0.1) is 58.2 Å². The van der Waals surface area contributed by atoms with Gasteiger partial charge in [0.2, 0.25) is 0 Å². The average Bonchev–Trinajstić information content (AvgIpc) is 2.57. The van der Waals surface area contributed by atoms with E-state index in [-0.39, 0.29) is 7.96 Å². The van der Waals surface area contributed by atoms with Gasteiger partial charge in [0.25, 0.3) is 0 Å². The van der Waals surface area contributed by atoms with Crippen molar-refractivity contribution in [2.45, 2.75) is 46.9 Å². The second-order valence-electron chi connectivity index (χ2n) is 8.11. The van der Waals surface area contributed by atoms with E-state index in [1.165, 1.54) is 0 Å². The van der Waals surface area contributed by atoms with Gasteiger partial charge in [0, 0.05) is 0 Å². The Kier molecular flexibility index (Phi) is 2.42. The Morgan fingerprint density at radius 2 is 1.08 bits per heavy atom. The summed E-state index contributed by atoms with van der Waals surface area (Å²) in [4.78, 5) is 45.1. The van der Waals surface area contributed by atoms with E-state index in [1.54, 1.807) is 13.8 Å². The molecule has 0 heterocycles. The summed E-state index contributed by atoms with van der Waals surface area (Å²) in [5, 5.41) is 47.9. The third-order valence-corrected chi connectivity index (χ3v) is 34.6. The number of halogens is 1. The van der Waals surface area contributed by atoms with E-state index >= 15 is 0 Å². The van der Waals surface area contributed by atoms with Crippen LogP contribution < -0.4 is 0 Å². The van der Waals surface area contributed by atoms with Gasteiger partial charge in [0.15, 0.2) is 0 Å². The van der Waals surface area contributed by atoms with E-state index in [1.807, 2.05) is 0 Å². The van der Waals surface area contributed by atoms with Crippen LogP contribution in [0.5, 0.6) is 0 Å². The Labute approximate surface area is 153 Å². The van der Waals surface area contributed by atoms with Crippen LogP contribution in [0.3, 0.4) is 0 Å². The van der Waals surface area contributed by atoms with Crippen LogP contribution in [0.2, 0.25) is 10.9 Å². The zero-order valence-electron chi connectivity index (χ0n) is 13.6. The minimum absolute atomic E-state index is 0.281. The SMILES string of the molecule is C[CH2][Pb]([Cl])([CH2]C)[C]12C3([N+](=O)[O-])C4C5([N+](=O)[O-])C3C1([N+](=O)[O-])C5C42[N+](=O)[O-]. The van der Waals surface area contributed by atoms with Gasteiger partial charge in [-0.15, -0.1) is 0 Å². The van der Waals surface area contributed by atoms with Gasteiger partial charge in [-0.1, -0.05) is 0 Å². The van der Waals surface area contributed by atoms with E-state index < -0.39 is 82.5 Å². The molecular weight excluding hydrogens is 571 g/mol. The summed E-state index contributed by atoms with van der Waals surface area (Å²) in [7, 11) is 6.88. The maximum atomic E-state index is 12.1. The first-order valence-electron chi connectivity index (χ1n) is 8.26. The standard InChI is InChI=1S/C8H3N4O8.2C2H5.ClH.Pb/c13-9(14)5-1-6(10(15)16)2(5)8(12(19)20)3(5)7(1,4(6)8)11(17)18;2*1-2;;/h1-3H;2*1H2,2H3;1H;/q;;;;+1/p-1. The van der Waals surface area contributed by atoms with Gasteiger partial charge >= 0.3 is 153 Å². The molecule has 14 heteroatoms. The van der Waals surface area contributed by atoms with E-state index in [9.17, 15) is 40.5 Å². The zero-order valence-corrected chi connectivity index (χ0v) is 18.2. The van der Waals surface area contributed by atoms with Crippen LogP contribution in [0.1, 0.15) is 13.8 Å². The molecule has 0 N–H and O–H groups in total. The molecule has 0 aromatic rings. The van der Waals surface area contributed by atoms with E-state index in [0.29, 0.717) is 0 Å². The summed E-state index contributed by atoms with van der Waals surface area (Å²) in [6.07, 6.45) is 0. The number of nitro groups is 4. The molecule has 0 spiro atoms. The summed E-state index contributed by atoms with van der Waals surface area (Å²) in [5.41, 5.74) is -7.75. The molecule has 0 saturated heterocycles. The van der Waals surface area contributed by atoms with Crippen molar-refractivity contribution >= 4 is 28.3 Å². The Balaban J connectivity index is 1.86. The Bertz CT molecular complexity index is 790. The van der Waals surface area contributed by atoms with Gasteiger partial charge in [-0.2, -0.15) is 0 Å². The predicted octanol–water partition coefficient (Wildman–Crippen LogP) is 0.929. The van der Waals surface area contributed by atoms with Gasteiger partial charge in [-0.3, -0.25) is 0 Å². The molecule has 0 aliphatic heterocycles. The summed E-state index contributed by atoms with van der Waals surface area (Å²) in [6, 6.07) is 0. The second-order valence-corrected chi connectivity index (χ2v) is 30.4. The molecular formula is C12H13ClN4O8Pb. The normalized spacial score (nSPS) is 55.9. The molecule has 0 unspecified atom stereocenters. The van der Waals surface area contributed by atoms with Gasteiger partial charge in [0.1, 0.15) is 0 Å². The van der Waals surface area contributed by atoms with E-state index in [4.69, 9.17) is 8.32 Å². The molecule has 0 aromatic heterocycles. The monoisotopic (exact) mass is 584 g/mol. The molecule has 12 nitrogen and oxygen atoms in total. The van der Waals surface area contributed by atoms with Gasteiger partial charge in [0.05, 0.1) is 0 Å². The van der Waals surface area contributed by atoms with Crippen molar-refractivity contribution in [3.63, 3.8) is 0 Å². The molecule has 0 bridgehead atoms. The minimum atomic E-state index is -4.46. The first-order chi connectivity index (χ1) is 12.0. The van der Waals surface area contributed by atoms with Crippen LogP contribution in [0.25, 0.3) is 0 Å². The van der Waals surface area contributed by atoms with Crippen molar-refractivity contribution in [3.05, 3.63) is 40.5 Å². The van der Waals surface area contributed by atoms with Gasteiger partial charge in [-0.25, -0.2) is 0 Å². The fourth-order valence-corrected chi connectivity index (χ4v) is 31.9. The van der Waals surface area contributed by atoms with Crippen molar-refractivity contribution < 1.29 is 19.7 Å². The van der Waals surface area contributed by atoms with Crippen LogP contribution in [0.15, 0.2) is 0 Å². The van der Waals surface area contributed by atoms with Gasteiger partial charge in [-0.05, 0) is 0 Å². The first-order valence-corrected chi connectivity index (χ1v) is 20.5. The van der Waals surface area contributed by atoms with Crippen molar-refractivity contribution in [3.8, 4) is 0 Å². The zero-order chi connectivity index (χ0) is 19.5. The number of hydrogen-bond acceptors (Lipinski definition) is 8. The quantitative estimate of drug-likeness (QED) is 0.242. The second kappa shape index (κ2) is 3.71. The summed E-state index contributed by atoms with van der Waals surface area (Å²) in [6.45, 7) is 3.36. The molecule has 26 heavy (non-hydrogen) atoms.